The van der Waals surface area contributed by atoms with E-state index in [0.29, 0.717) is 17.9 Å². The minimum atomic E-state index is -0.239. The first-order chi connectivity index (χ1) is 15.0. The second kappa shape index (κ2) is 9.13. The normalized spacial score (nSPS) is 21.2. The van der Waals surface area contributed by atoms with Crippen molar-refractivity contribution in [2.75, 3.05) is 6.61 Å². The number of rotatable bonds is 6. The number of carbonyl (C=O) groups is 1. The lowest BCUT2D eigenvalue weighted by Crippen LogP contribution is -2.32. The summed E-state index contributed by atoms with van der Waals surface area (Å²) in [6.07, 6.45) is 6.47. The molecule has 0 amide bonds. The summed E-state index contributed by atoms with van der Waals surface area (Å²) < 4.78 is 5.38. The van der Waals surface area contributed by atoms with Gasteiger partial charge in [0.1, 0.15) is 5.75 Å². The van der Waals surface area contributed by atoms with E-state index in [1.807, 2.05) is 24.3 Å². The molecule has 0 aliphatic heterocycles. The van der Waals surface area contributed by atoms with Gasteiger partial charge in [0.2, 0.25) is 0 Å². The van der Waals surface area contributed by atoms with Crippen LogP contribution in [-0.4, -0.2) is 17.7 Å². The van der Waals surface area contributed by atoms with E-state index in [1.54, 1.807) is 6.07 Å². The van der Waals surface area contributed by atoms with Gasteiger partial charge in [-0.25, -0.2) is 4.79 Å². The van der Waals surface area contributed by atoms with Crippen LogP contribution in [-0.2, 0) is 10.2 Å². The Balaban J connectivity index is 1.68. The standard InChI is InChI=1S/C28H32O3/c1-3-4-17-31-27(30)21-5-9-24(10-6-21)28(15-13-20(2)14-16-28)25-11-7-23-19-26(29)12-8-22(23)18-25/h5-12,18-20,29H,3-4,13-17H2,1-2H3. The first-order valence-electron chi connectivity index (χ1n) is 11.5. The quantitative estimate of drug-likeness (QED) is 0.348. The van der Waals surface area contributed by atoms with Crippen molar-refractivity contribution in [3.8, 4) is 5.75 Å². The van der Waals surface area contributed by atoms with Gasteiger partial charge in [-0.3, -0.25) is 0 Å². The smallest absolute Gasteiger partial charge is 0.338 e. The monoisotopic (exact) mass is 416 g/mol. The zero-order valence-corrected chi connectivity index (χ0v) is 18.6. The van der Waals surface area contributed by atoms with Crippen molar-refractivity contribution >= 4 is 16.7 Å². The van der Waals surface area contributed by atoms with Crippen molar-refractivity contribution < 1.29 is 14.6 Å². The molecule has 1 N–H and O–H groups in total. The number of phenolic OH excluding ortho intramolecular Hbond substituents is 1. The topological polar surface area (TPSA) is 46.5 Å². The molecular weight excluding hydrogens is 384 g/mol. The van der Waals surface area contributed by atoms with Crippen LogP contribution in [0, 0.1) is 5.92 Å². The fourth-order valence-electron chi connectivity index (χ4n) is 4.85. The molecule has 1 aliphatic carbocycles. The molecule has 1 fully saturated rings. The lowest BCUT2D eigenvalue weighted by molar-refractivity contribution is 0.0499. The number of hydrogen-bond donors (Lipinski definition) is 1. The number of ether oxygens (including phenoxy) is 1. The van der Waals surface area contributed by atoms with Crippen LogP contribution in [0.2, 0.25) is 0 Å². The molecule has 3 aromatic carbocycles. The largest absolute Gasteiger partial charge is 0.508 e. The molecule has 0 saturated heterocycles. The van der Waals surface area contributed by atoms with Crippen LogP contribution in [0.4, 0.5) is 0 Å². The Morgan fingerprint density at radius 1 is 0.968 bits per heavy atom. The number of unbranched alkanes of at least 4 members (excludes halogenated alkanes) is 1. The molecule has 3 nitrogen and oxygen atoms in total. The van der Waals surface area contributed by atoms with Gasteiger partial charge < -0.3 is 9.84 Å². The maximum atomic E-state index is 12.3. The van der Waals surface area contributed by atoms with Gasteiger partial charge in [0, 0.05) is 5.41 Å². The number of carbonyl (C=O) groups excluding carboxylic acids is 1. The van der Waals surface area contributed by atoms with Crippen LogP contribution in [0.25, 0.3) is 10.8 Å². The van der Waals surface area contributed by atoms with Crippen LogP contribution < -0.4 is 0 Å². The van der Waals surface area contributed by atoms with Crippen LogP contribution in [0.5, 0.6) is 5.75 Å². The van der Waals surface area contributed by atoms with E-state index in [1.165, 1.54) is 24.0 Å². The average Bonchev–Trinajstić information content (AvgIpc) is 2.80. The van der Waals surface area contributed by atoms with Crippen molar-refractivity contribution in [2.45, 2.75) is 57.8 Å². The third kappa shape index (κ3) is 4.46. The number of esters is 1. The highest BCUT2D eigenvalue weighted by Gasteiger charge is 2.37. The molecule has 0 radical (unpaired) electrons. The second-order valence-corrected chi connectivity index (χ2v) is 9.08. The Hall–Kier alpha value is -2.81. The summed E-state index contributed by atoms with van der Waals surface area (Å²) >= 11 is 0. The van der Waals surface area contributed by atoms with Gasteiger partial charge in [0.25, 0.3) is 0 Å². The molecule has 3 aromatic rings. The zero-order chi connectivity index (χ0) is 21.8. The van der Waals surface area contributed by atoms with Crippen molar-refractivity contribution in [2.24, 2.45) is 5.92 Å². The molecule has 0 atom stereocenters. The average molecular weight is 417 g/mol. The number of fused-ring (bicyclic) bond motifs is 1. The van der Waals surface area contributed by atoms with Crippen molar-refractivity contribution in [3.63, 3.8) is 0 Å². The van der Waals surface area contributed by atoms with Crippen LogP contribution >= 0.6 is 0 Å². The maximum Gasteiger partial charge on any atom is 0.338 e. The highest BCUT2D eigenvalue weighted by Crippen LogP contribution is 2.47. The van der Waals surface area contributed by atoms with E-state index in [9.17, 15) is 9.90 Å². The number of hydrogen-bond acceptors (Lipinski definition) is 3. The van der Waals surface area contributed by atoms with Gasteiger partial charge in [0.05, 0.1) is 12.2 Å². The highest BCUT2D eigenvalue weighted by molar-refractivity contribution is 5.89. The third-order valence-corrected chi connectivity index (χ3v) is 6.91. The molecule has 0 spiro atoms. The minimum Gasteiger partial charge on any atom is -0.508 e. The second-order valence-electron chi connectivity index (χ2n) is 9.08. The van der Waals surface area contributed by atoms with E-state index >= 15 is 0 Å². The first kappa shape index (κ1) is 21.4. The molecule has 3 heteroatoms. The predicted octanol–water partition coefficient (Wildman–Crippen LogP) is 7.00. The Bertz CT molecular complexity index is 1040. The molecule has 0 heterocycles. The number of aromatic hydroxyl groups is 1. The highest BCUT2D eigenvalue weighted by atomic mass is 16.5. The molecule has 0 aromatic heterocycles. The van der Waals surface area contributed by atoms with Crippen LogP contribution in [0.15, 0.2) is 60.7 Å². The maximum absolute atomic E-state index is 12.3. The summed E-state index contributed by atoms with van der Waals surface area (Å²) in [7, 11) is 0. The summed E-state index contributed by atoms with van der Waals surface area (Å²) in [5, 5.41) is 12.0. The van der Waals surface area contributed by atoms with Crippen LogP contribution in [0.1, 0.15) is 73.9 Å². The summed E-state index contributed by atoms with van der Waals surface area (Å²) in [6.45, 7) is 4.90. The fraction of sp³-hybridized carbons (Fsp3) is 0.393. The molecule has 0 bridgehead atoms. The molecular formula is C28H32O3. The summed E-state index contributed by atoms with van der Waals surface area (Å²) in [6, 6.07) is 20.2. The van der Waals surface area contributed by atoms with E-state index in [-0.39, 0.29) is 11.4 Å². The lowest BCUT2D eigenvalue weighted by atomic mass is 9.63. The number of phenols is 1. The van der Waals surface area contributed by atoms with Crippen molar-refractivity contribution in [1.29, 1.82) is 0 Å². The van der Waals surface area contributed by atoms with Gasteiger partial charge in [-0.1, -0.05) is 56.7 Å². The molecule has 162 valence electrons. The van der Waals surface area contributed by atoms with Crippen molar-refractivity contribution in [3.05, 3.63) is 77.4 Å². The van der Waals surface area contributed by atoms with Gasteiger partial charge in [0.15, 0.2) is 0 Å². The van der Waals surface area contributed by atoms with Gasteiger partial charge >= 0.3 is 5.97 Å². The molecule has 1 aliphatic rings. The van der Waals surface area contributed by atoms with Crippen LogP contribution in [0.3, 0.4) is 0 Å². The Morgan fingerprint density at radius 2 is 1.61 bits per heavy atom. The fourth-order valence-corrected chi connectivity index (χ4v) is 4.85. The van der Waals surface area contributed by atoms with E-state index < -0.39 is 0 Å². The van der Waals surface area contributed by atoms with Gasteiger partial charge in [-0.2, -0.15) is 0 Å². The van der Waals surface area contributed by atoms with E-state index in [0.717, 1.165) is 42.4 Å². The molecule has 31 heavy (non-hydrogen) atoms. The zero-order valence-electron chi connectivity index (χ0n) is 18.6. The third-order valence-electron chi connectivity index (χ3n) is 6.91. The summed E-state index contributed by atoms with van der Waals surface area (Å²) in [4.78, 5) is 12.3. The first-order valence-corrected chi connectivity index (χ1v) is 11.5. The summed E-state index contributed by atoms with van der Waals surface area (Å²) in [5.41, 5.74) is 3.15. The van der Waals surface area contributed by atoms with E-state index in [2.05, 4.69) is 44.2 Å². The number of benzene rings is 3. The Labute approximate surface area is 185 Å². The predicted molar refractivity (Wildman–Crippen MR) is 126 cm³/mol. The SMILES string of the molecule is CCCCOC(=O)c1ccc(C2(c3ccc4cc(O)ccc4c3)CCC(C)CC2)cc1. The molecule has 1 saturated carbocycles. The van der Waals surface area contributed by atoms with Crippen molar-refractivity contribution in [1.82, 2.24) is 0 Å². The van der Waals surface area contributed by atoms with E-state index in [4.69, 9.17) is 4.74 Å². The Morgan fingerprint density at radius 3 is 2.32 bits per heavy atom. The summed E-state index contributed by atoms with van der Waals surface area (Å²) in [5.74, 6) is 0.790. The van der Waals surface area contributed by atoms with Gasteiger partial charge in [-0.15, -0.1) is 0 Å². The Kier molecular flexibility index (Phi) is 6.31. The lowest BCUT2D eigenvalue weighted by Gasteiger charge is -2.41. The molecule has 0 unspecified atom stereocenters. The minimum absolute atomic E-state index is 0.0523. The molecule has 4 rings (SSSR count). The van der Waals surface area contributed by atoms with Gasteiger partial charge in [-0.05, 0) is 84.2 Å².